The molecule has 0 spiro atoms. The maximum atomic E-state index is 6.13. The molecule has 0 aromatic heterocycles. The van der Waals surface area contributed by atoms with Crippen LogP contribution in [-0.2, 0) is 4.74 Å². The number of methoxy groups -OCH3 is 1. The Bertz CT molecular complexity index is 578. The van der Waals surface area contributed by atoms with E-state index in [0.717, 1.165) is 63.8 Å². The van der Waals surface area contributed by atoms with Gasteiger partial charge < -0.3 is 19.7 Å². The molecule has 2 aliphatic rings. The lowest BCUT2D eigenvalue weighted by molar-refractivity contribution is 0.0772. The quantitative estimate of drug-likeness (QED) is 0.557. The van der Waals surface area contributed by atoms with Crippen molar-refractivity contribution in [2.75, 3.05) is 39.9 Å². The Hall–Kier alpha value is -1.75. The van der Waals surface area contributed by atoms with E-state index >= 15 is 0 Å². The predicted octanol–water partition coefficient (Wildman–Crippen LogP) is 3.70. The van der Waals surface area contributed by atoms with E-state index in [2.05, 4.69) is 17.1 Å². The standard InChI is InChI=1S/C22H35N3O2/c1-3-23-21(24-18-22(12-7-13-22)14-17-26-2)25-15-10-20(11-16-25)27-19-8-5-4-6-9-19/h4-6,8-9,20H,3,7,10-18H2,1-2H3,(H,23,24). The monoisotopic (exact) mass is 373 g/mol. The van der Waals surface area contributed by atoms with Gasteiger partial charge in [-0.15, -0.1) is 0 Å². The van der Waals surface area contributed by atoms with Crippen LogP contribution in [0.5, 0.6) is 5.75 Å². The Morgan fingerprint density at radius 3 is 2.56 bits per heavy atom. The average molecular weight is 374 g/mol. The van der Waals surface area contributed by atoms with Crippen molar-refractivity contribution >= 4 is 5.96 Å². The van der Waals surface area contributed by atoms with Gasteiger partial charge in [0, 0.05) is 52.7 Å². The first-order valence-electron chi connectivity index (χ1n) is 10.5. The SMILES string of the molecule is CCNC(=NCC1(CCOC)CCC1)N1CCC(Oc2ccccc2)CC1. The second-order valence-electron chi connectivity index (χ2n) is 7.88. The van der Waals surface area contributed by atoms with Crippen LogP contribution in [0.3, 0.4) is 0 Å². The highest BCUT2D eigenvalue weighted by Gasteiger charge is 2.36. The molecular formula is C22H35N3O2. The van der Waals surface area contributed by atoms with Gasteiger partial charge in [-0.1, -0.05) is 24.6 Å². The number of nitrogens with one attached hydrogen (secondary N) is 1. The normalized spacial score (nSPS) is 20.2. The summed E-state index contributed by atoms with van der Waals surface area (Å²) in [6.45, 7) is 6.80. The average Bonchev–Trinajstić information content (AvgIpc) is 2.67. The zero-order valence-electron chi connectivity index (χ0n) is 17.0. The minimum absolute atomic E-state index is 0.297. The van der Waals surface area contributed by atoms with Crippen LogP contribution in [0, 0.1) is 5.41 Å². The molecule has 3 rings (SSSR count). The highest BCUT2D eigenvalue weighted by molar-refractivity contribution is 5.80. The van der Waals surface area contributed by atoms with Gasteiger partial charge in [-0.3, -0.25) is 4.99 Å². The molecule has 0 radical (unpaired) electrons. The van der Waals surface area contributed by atoms with Gasteiger partial charge in [0.1, 0.15) is 11.9 Å². The van der Waals surface area contributed by atoms with E-state index in [1.807, 2.05) is 30.3 Å². The van der Waals surface area contributed by atoms with Crippen molar-refractivity contribution in [3.05, 3.63) is 30.3 Å². The van der Waals surface area contributed by atoms with Gasteiger partial charge >= 0.3 is 0 Å². The molecule has 0 amide bonds. The van der Waals surface area contributed by atoms with Gasteiger partial charge in [-0.2, -0.15) is 0 Å². The molecular weight excluding hydrogens is 338 g/mol. The van der Waals surface area contributed by atoms with Crippen LogP contribution in [-0.4, -0.2) is 56.9 Å². The minimum atomic E-state index is 0.297. The van der Waals surface area contributed by atoms with E-state index in [1.54, 1.807) is 7.11 Å². The van der Waals surface area contributed by atoms with Crippen molar-refractivity contribution in [1.29, 1.82) is 0 Å². The molecule has 2 fully saturated rings. The molecule has 150 valence electrons. The maximum Gasteiger partial charge on any atom is 0.193 e. The van der Waals surface area contributed by atoms with Crippen molar-refractivity contribution < 1.29 is 9.47 Å². The van der Waals surface area contributed by atoms with Gasteiger partial charge in [0.05, 0.1) is 0 Å². The van der Waals surface area contributed by atoms with Crippen molar-refractivity contribution in [3.63, 3.8) is 0 Å². The highest BCUT2D eigenvalue weighted by atomic mass is 16.5. The Morgan fingerprint density at radius 1 is 1.22 bits per heavy atom. The summed E-state index contributed by atoms with van der Waals surface area (Å²) in [4.78, 5) is 7.43. The van der Waals surface area contributed by atoms with Crippen molar-refractivity contribution in [2.24, 2.45) is 10.4 Å². The number of rotatable bonds is 8. The first-order chi connectivity index (χ1) is 13.2. The van der Waals surface area contributed by atoms with Crippen molar-refractivity contribution in [3.8, 4) is 5.75 Å². The Labute approximate surface area is 164 Å². The number of piperidine rings is 1. The van der Waals surface area contributed by atoms with Gasteiger partial charge in [0.2, 0.25) is 0 Å². The Morgan fingerprint density at radius 2 is 1.96 bits per heavy atom. The lowest BCUT2D eigenvalue weighted by atomic mass is 9.67. The topological polar surface area (TPSA) is 46.1 Å². The number of para-hydroxylation sites is 1. The molecule has 1 heterocycles. The number of aliphatic imine (C=N–C) groups is 1. The number of nitrogens with zero attached hydrogens (tertiary/aromatic N) is 2. The summed E-state index contributed by atoms with van der Waals surface area (Å²) in [5.41, 5.74) is 0.366. The van der Waals surface area contributed by atoms with E-state index in [1.165, 1.54) is 19.3 Å². The largest absolute Gasteiger partial charge is 0.490 e. The summed E-state index contributed by atoms with van der Waals surface area (Å²) in [5, 5.41) is 3.50. The van der Waals surface area contributed by atoms with E-state index in [-0.39, 0.29) is 0 Å². The number of likely N-dealkylation sites (tertiary alicyclic amines) is 1. The minimum Gasteiger partial charge on any atom is -0.490 e. The lowest BCUT2D eigenvalue weighted by Gasteiger charge is -2.41. The molecule has 0 unspecified atom stereocenters. The number of ether oxygens (including phenoxy) is 2. The predicted molar refractivity (Wildman–Crippen MR) is 110 cm³/mol. The van der Waals surface area contributed by atoms with E-state index in [0.29, 0.717) is 11.5 Å². The van der Waals surface area contributed by atoms with E-state index < -0.39 is 0 Å². The van der Waals surface area contributed by atoms with Crippen LogP contribution >= 0.6 is 0 Å². The molecule has 0 bridgehead atoms. The van der Waals surface area contributed by atoms with Gasteiger partial charge in [-0.25, -0.2) is 0 Å². The molecule has 1 aliphatic carbocycles. The number of hydrogen-bond acceptors (Lipinski definition) is 3. The van der Waals surface area contributed by atoms with Crippen molar-refractivity contribution in [1.82, 2.24) is 10.2 Å². The van der Waals surface area contributed by atoms with Crippen LogP contribution < -0.4 is 10.1 Å². The maximum absolute atomic E-state index is 6.13. The Kier molecular flexibility index (Phi) is 7.39. The van der Waals surface area contributed by atoms with Gasteiger partial charge in [0.25, 0.3) is 0 Å². The highest BCUT2D eigenvalue weighted by Crippen LogP contribution is 2.44. The fourth-order valence-electron chi connectivity index (χ4n) is 4.03. The number of hydrogen-bond donors (Lipinski definition) is 1. The van der Waals surface area contributed by atoms with Crippen LogP contribution in [0.4, 0.5) is 0 Å². The third-order valence-corrected chi connectivity index (χ3v) is 5.94. The summed E-state index contributed by atoms with van der Waals surface area (Å²) in [5.74, 6) is 2.04. The zero-order valence-corrected chi connectivity index (χ0v) is 17.0. The summed E-state index contributed by atoms with van der Waals surface area (Å²) in [7, 11) is 1.79. The number of benzene rings is 1. The molecule has 5 nitrogen and oxygen atoms in total. The third-order valence-electron chi connectivity index (χ3n) is 5.94. The molecule has 1 aromatic carbocycles. The molecule has 5 heteroatoms. The first kappa shape index (κ1) is 20.0. The lowest BCUT2D eigenvalue weighted by Crippen LogP contribution is -2.48. The first-order valence-corrected chi connectivity index (χ1v) is 10.5. The summed E-state index contributed by atoms with van der Waals surface area (Å²) >= 11 is 0. The zero-order chi connectivity index (χ0) is 19.0. The van der Waals surface area contributed by atoms with Gasteiger partial charge in [-0.05, 0) is 43.7 Å². The van der Waals surface area contributed by atoms with E-state index in [4.69, 9.17) is 14.5 Å². The van der Waals surface area contributed by atoms with Crippen molar-refractivity contribution in [2.45, 2.75) is 51.6 Å². The fourth-order valence-corrected chi connectivity index (χ4v) is 4.03. The van der Waals surface area contributed by atoms with Crippen LogP contribution in [0.25, 0.3) is 0 Å². The molecule has 0 atom stereocenters. The summed E-state index contributed by atoms with van der Waals surface area (Å²) in [6.07, 6.45) is 7.39. The van der Waals surface area contributed by atoms with Crippen LogP contribution in [0.1, 0.15) is 45.4 Å². The molecule has 1 aromatic rings. The van der Waals surface area contributed by atoms with Crippen LogP contribution in [0.15, 0.2) is 35.3 Å². The number of guanidine groups is 1. The van der Waals surface area contributed by atoms with E-state index in [9.17, 15) is 0 Å². The second-order valence-corrected chi connectivity index (χ2v) is 7.88. The molecule has 1 N–H and O–H groups in total. The molecule has 1 aliphatic heterocycles. The van der Waals surface area contributed by atoms with Gasteiger partial charge in [0.15, 0.2) is 5.96 Å². The summed E-state index contributed by atoms with van der Waals surface area (Å²) in [6, 6.07) is 10.2. The second kappa shape index (κ2) is 9.98. The van der Waals surface area contributed by atoms with Crippen LogP contribution in [0.2, 0.25) is 0 Å². The third kappa shape index (κ3) is 5.61. The molecule has 27 heavy (non-hydrogen) atoms. The smallest absolute Gasteiger partial charge is 0.193 e. The Balaban J connectivity index is 1.53. The summed E-state index contributed by atoms with van der Waals surface area (Å²) < 4.78 is 11.4. The molecule has 1 saturated heterocycles. The molecule has 1 saturated carbocycles. The fraction of sp³-hybridized carbons (Fsp3) is 0.682.